The first kappa shape index (κ1) is 22.3. The number of carbonyl (C=O) groups is 2. The SMILES string of the molecule is CCOP(=O)(OCC)OC(CC)COC(=O)c1ccccc1OC(C)=O. The van der Waals surface area contributed by atoms with E-state index in [9.17, 15) is 14.2 Å². The van der Waals surface area contributed by atoms with E-state index >= 15 is 0 Å². The Hall–Kier alpha value is -1.73. The molecule has 0 aliphatic heterocycles. The molecule has 0 radical (unpaired) electrons. The van der Waals surface area contributed by atoms with Crippen LogP contribution in [0.5, 0.6) is 5.75 Å². The molecule has 9 heteroatoms. The summed E-state index contributed by atoms with van der Waals surface area (Å²) in [7, 11) is -3.71. The fourth-order valence-electron chi connectivity index (χ4n) is 1.95. The van der Waals surface area contributed by atoms with Crippen molar-refractivity contribution < 1.29 is 37.2 Å². The lowest BCUT2D eigenvalue weighted by Gasteiger charge is -2.22. The van der Waals surface area contributed by atoms with Crippen LogP contribution in [0.1, 0.15) is 44.5 Å². The summed E-state index contributed by atoms with van der Waals surface area (Å²) in [5.74, 6) is -1.13. The summed E-state index contributed by atoms with van der Waals surface area (Å²) in [4.78, 5) is 23.4. The molecule has 26 heavy (non-hydrogen) atoms. The number of hydrogen-bond acceptors (Lipinski definition) is 8. The minimum atomic E-state index is -3.71. The van der Waals surface area contributed by atoms with Crippen LogP contribution in [0.25, 0.3) is 0 Å². The van der Waals surface area contributed by atoms with Gasteiger partial charge in [0.15, 0.2) is 0 Å². The largest absolute Gasteiger partial charge is 0.475 e. The van der Waals surface area contributed by atoms with Gasteiger partial charge in [-0.1, -0.05) is 19.1 Å². The number of rotatable bonds is 11. The summed E-state index contributed by atoms with van der Waals surface area (Å²) in [6.07, 6.45) is -0.257. The third-order valence-electron chi connectivity index (χ3n) is 3.07. The first-order valence-corrected chi connectivity index (χ1v) is 9.83. The maximum atomic E-state index is 12.4. The van der Waals surface area contributed by atoms with Crippen molar-refractivity contribution in [2.75, 3.05) is 19.8 Å². The van der Waals surface area contributed by atoms with Crippen LogP contribution < -0.4 is 4.74 Å². The van der Waals surface area contributed by atoms with E-state index in [1.165, 1.54) is 19.1 Å². The minimum absolute atomic E-state index is 0.105. The highest BCUT2D eigenvalue weighted by atomic mass is 31.2. The predicted octanol–water partition coefficient (Wildman–Crippen LogP) is 3.75. The van der Waals surface area contributed by atoms with Gasteiger partial charge in [-0.3, -0.25) is 18.4 Å². The van der Waals surface area contributed by atoms with Crippen molar-refractivity contribution in [1.82, 2.24) is 0 Å². The standard InChI is InChI=1S/C17H25O8P/c1-5-14(25-26(20,22-6-2)23-7-3)12-21-17(19)15-10-8-9-11-16(15)24-13(4)18/h8-11,14H,5-7,12H2,1-4H3. The summed E-state index contributed by atoms with van der Waals surface area (Å²) < 4.78 is 38.2. The van der Waals surface area contributed by atoms with Crippen LogP contribution in [-0.2, 0) is 27.7 Å². The van der Waals surface area contributed by atoms with Gasteiger partial charge in [-0.15, -0.1) is 0 Å². The molecule has 0 N–H and O–H groups in total. The molecule has 0 bridgehead atoms. The molecule has 0 fully saturated rings. The zero-order valence-corrected chi connectivity index (χ0v) is 16.3. The van der Waals surface area contributed by atoms with Gasteiger partial charge in [0, 0.05) is 6.92 Å². The third-order valence-corrected chi connectivity index (χ3v) is 4.77. The highest BCUT2D eigenvalue weighted by molar-refractivity contribution is 7.48. The Balaban J connectivity index is 2.75. The molecule has 8 nitrogen and oxygen atoms in total. The van der Waals surface area contributed by atoms with E-state index in [4.69, 9.17) is 23.0 Å². The molecule has 1 aromatic rings. The van der Waals surface area contributed by atoms with Crippen LogP contribution >= 0.6 is 7.82 Å². The van der Waals surface area contributed by atoms with Crippen LogP contribution in [0.15, 0.2) is 24.3 Å². The maximum Gasteiger partial charge on any atom is 0.475 e. The van der Waals surface area contributed by atoms with Crippen molar-refractivity contribution in [2.45, 2.75) is 40.2 Å². The van der Waals surface area contributed by atoms with Gasteiger partial charge in [-0.2, -0.15) is 0 Å². The quantitative estimate of drug-likeness (QED) is 0.321. The number of carbonyl (C=O) groups excluding carboxylic acids is 2. The van der Waals surface area contributed by atoms with Crippen LogP contribution in [0.3, 0.4) is 0 Å². The van der Waals surface area contributed by atoms with Gasteiger partial charge >= 0.3 is 19.8 Å². The molecule has 1 rings (SSSR count). The molecule has 0 aromatic heterocycles. The van der Waals surface area contributed by atoms with Gasteiger partial charge in [0.25, 0.3) is 0 Å². The minimum Gasteiger partial charge on any atom is -0.459 e. The molecule has 0 saturated heterocycles. The predicted molar refractivity (Wildman–Crippen MR) is 94.1 cm³/mol. The lowest BCUT2D eigenvalue weighted by atomic mass is 10.2. The van der Waals surface area contributed by atoms with Gasteiger partial charge in [-0.25, -0.2) is 9.36 Å². The Morgan fingerprint density at radius 1 is 1.08 bits per heavy atom. The molecule has 0 amide bonds. The zero-order valence-electron chi connectivity index (χ0n) is 15.4. The Morgan fingerprint density at radius 2 is 1.69 bits per heavy atom. The second-order valence-electron chi connectivity index (χ2n) is 5.11. The average Bonchev–Trinajstić information content (AvgIpc) is 2.58. The van der Waals surface area contributed by atoms with Crippen molar-refractivity contribution in [3.05, 3.63) is 29.8 Å². The molecule has 1 unspecified atom stereocenters. The van der Waals surface area contributed by atoms with Gasteiger partial charge < -0.3 is 9.47 Å². The molecule has 146 valence electrons. The number of hydrogen-bond donors (Lipinski definition) is 0. The van der Waals surface area contributed by atoms with Crippen molar-refractivity contribution in [2.24, 2.45) is 0 Å². The van der Waals surface area contributed by atoms with Crippen molar-refractivity contribution >= 4 is 19.8 Å². The Kier molecular flexibility index (Phi) is 9.51. The highest BCUT2D eigenvalue weighted by Crippen LogP contribution is 2.50. The number of para-hydroxylation sites is 1. The van der Waals surface area contributed by atoms with Crippen LogP contribution in [0.4, 0.5) is 0 Å². The first-order valence-electron chi connectivity index (χ1n) is 8.37. The zero-order chi connectivity index (χ0) is 19.6. The van der Waals surface area contributed by atoms with E-state index in [1.54, 1.807) is 32.9 Å². The van der Waals surface area contributed by atoms with Gasteiger partial charge in [0.05, 0.1) is 13.2 Å². The smallest absolute Gasteiger partial charge is 0.459 e. The van der Waals surface area contributed by atoms with E-state index in [1.807, 2.05) is 0 Å². The van der Waals surface area contributed by atoms with E-state index in [0.717, 1.165) is 0 Å². The Morgan fingerprint density at radius 3 is 2.23 bits per heavy atom. The second kappa shape index (κ2) is 11.1. The molecular weight excluding hydrogens is 363 g/mol. The summed E-state index contributed by atoms with van der Waals surface area (Å²) in [5, 5.41) is 0. The van der Waals surface area contributed by atoms with E-state index in [-0.39, 0.29) is 31.1 Å². The number of benzene rings is 1. The average molecular weight is 388 g/mol. The number of esters is 2. The van der Waals surface area contributed by atoms with Gasteiger partial charge in [-0.05, 0) is 32.4 Å². The van der Waals surface area contributed by atoms with E-state index in [0.29, 0.717) is 6.42 Å². The van der Waals surface area contributed by atoms with Gasteiger partial charge in [0.2, 0.25) is 0 Å². The molecular formula is C17H25O8P. The molecule has 0 spiro atoms. The van der Waals surface area contributed by atoms with Crippen LogP contribution in [0.2, 0.25) is 0 Å². The Bertz CT molecular complexity index is 635. The van der Waals surface area contributed by atoms with E-state index < -0.39 is 25.9 Å². The van der Waals surface area contributed by atoms with E-state index in [2.05, 4.69) is 0 Å². The highest BCUT2D eigenvalue weighted by Gasteiger charge is 2.30. The fourth-order valence-corrected chi connectivity index (χ4v) is 3.35. The monoisotopic (exact) mass is 388 g/mol. The lowest BCUT2D eigenvalue weighted by Crippen LogP contribution is -2.22. The van der Waals surface area contributed by atoms with Gasteiger partial charge in [0.1, 0.15) is 24.0 Å². The Labute approximate surface area is 153 Å². The van der Waals surface area contributed by atoms with Crippen molar-refractivity contribution in [1.29, 1.82) is 0 Å². The second-order valence-corrected chi connectivity index (χ2v) is 6.73. The topological polar surface area (TPSA) is 97.4 Å². The van der Waals surface area contributed by atoms with Crippen molar-refractivity contribution in [3.8, 4) is 5.75 Å². The number of ether oxygens (including phenoxy) is 2. The molecule has 0 aliphatic carbocycles. The summed E-state index contributed by atoms with van der Waals surface area (Å²) in [6.45, 7) is 6.51. The number of phosphoric acid groups is 1. The first-order chi connectivity index (χ1) is 12.3. The molecule has 1 aromatic carbocycles. The summed E-state index contributed by atoms with van der Waals surface area (Å²) in [5.41, 5.74) is 0.107. The molecule has 0 heterocycles. The maximum absolute atomic E-state index is 12.4. The number of phosphoric ester groups is 1. The molecule has 0 saturated carbocycles. The molecule has 0 aliphatic rings. The normalized spacial score (nSPS) is 12.5. The summed E-state index contributed by atoms with van der Waals surface area (Å²) in [6, 6.07) is 6.22. The third kappa shape index (κ3) is 7.25. The van der Waals surface area contributed by atoms with Crippen molar-refractivity contribution in [3.63, 3.8) is 0 Å². The molecule has 1 atom stereocenters. The van der Waals surface area contributed by atoms with Crippen LogP contribution in [-0.4, -0.2) is 37.9 Å². The fraction of sp³-hybridized carbons (Fsp3) is 0.529. The summed E-state index contributed by atoms with van der Waals surface area (Å²) >= 11 is 0. The lowest BCUT2D eigenvalue weighted by molar-refractivity contribution is -0.131. The van der Waals surface area contributed by atoms with Crippen LogP contribution in [0, 0.1) is 0 Å².